The lowest BCUT2D eigenvalue weighted by molar-refractivity contribution is 0.146. The van der Waals surface area contributed by atoms with Gasteiger partial charge < -0.3 is 9.88 Å². The number of hydrogen-bond donors (Lipinski definition) is 1. The van der Waals surface area contributed by atoms with Crippen LogP contribution in [0.5, 0.6) is 0 Å². The van der Waals surface area contributed by atoms with Crippen LogP contribution in [0.3, 0.4) is 0 Å². The average Bonchev–Trinajstić information content (AvgIpc) is 3.34. The fourth-order valence-corrected chi connectivity index (χ4v) is 5.31. The molecule has 2 saturated carbocycles. The lowest BCUT2D eigenvalue weighted by Gasteiger charge is -2.29. The van der Waals surface area contributed by atoms with E-state index in [9.17, 15) is 18.0 Å². The van der Waals surface area contributed by atoms with Gasteiger partial charge in [-0.05, 0) is 44.9 Å². The molecule has 0 unspecified atom stereocenters. The molecule has 0 radical (unpaired) electrons. The first-order valence-corrected chi connectivity index (χ1v) is 10.6. The van der Waals surface area contributed by atoms with Crippen molar-refractivity contribution in [2.75, 3.05) is 5.32 Å². The quantitative estimate of drug-likeness (QED) is 0.616. The summed E-state index contributed by atoms with van der Waals surface area (Å²) in [5, 5.41) is 3.75. The number of pyridine rings is 1. The summed E-state index contributed by atoms with van der Waals surface area (Å²) in [4.78, 5) is 21.8. The maximum Gasteiger partial charge on any atom is 0.266 e. The average molecular weight is 428 g/mol. The molecule has 0 saturated heterocycles. The Kier molecular flexibility index (Phi) is 4.75. The van der Waals surface area contributed by atoms with Crippen molar-refractivity contribution in [1.82, 2.24) is 14.5 Å². The summed E-state index contributed by atoms with van der Waals surface area (Å²) < 4.78 is 42.3. The maximum atomic E-state index is 14.4. The van der Waals surface area contributed by atoms with E-state index in [1.54, 1.807) is 6.92 Å². The Morgan fingerprint density at radius 1 is 1.26 bits per heavy atom. The molecule has 5 nitrogen and oxygen atoms in total. The van der Waals surface area contributed by atoms with Crippen molar-refractivity contribution in [2.45, 2.75) is 57.5 Å². The minimum Gasteiger partial charge on any atom is -0.365 e. The van der Waals surface area contributed by atoms with E-state index in [-0.39, 0.29) is 23.2 Å². The SMILES string of the molecule is Cc1nc(NCc2cccc(C(F)F)c2F)c2cn(C34CCC(CC3)C4)c(=O)cc2n1. The molecule has 2 bridgehead atoms. The van der Waals surface area contributed by atoms with Crippen LogP contribution in [0.4, 0.5) is 19.0 Å². The highest BCUT2D eigenvalue weighted by Crippen LogP contribution is 2.52. The largest absolute Gasteiger partial charge is 0.365 e. The molecule has 2 fully saturated rings. The number of alkyl halides is 2. The molecule has 2 aliphatic rings. The number of nitrogens with zero attached hydrogens (tertiary/aromatic N) is 3. The molecule has 5 rings (SSSR count). The Morgan fingerprint density at radius 2 is 2.03 bits per heavy atom. The van der Waals surface area contributed by atoms with Gasteiger partial charge in [0.25, 0.3) is 12.0 Å². The van der Waals surface area contributed by atoms with Crippen LogP contribution in [0.2, 0.25) is 0 Å². The summed E-state index contributed by atoms with van der Waals surface area (Å²) >= 11 is 0. The van der Waals surface area contributed by atoms with Gasteiger partial charge >= 0.3 is 0 Å². The van der Waals surface area contributed by atoms with E-state index in [1.165, 1.54) is 18.2 Å². The number of aryl methyl sites for hydroxylation is 1. The zero-order valence-electron chi connectivity index (χ0n) is 17.2. The normalized spacial score (nSPS) is 22.5. The van der Waals surface area contributed by atoms with Crippen molar-refractivity contribution in [2.24, 2.45) is 5.92 Å². The number of benzene rings is 1. The molecule has 8 heteroatoms. The summed E-state index contributed by atoms with van der Waals surface area (Å²) in [6, 6.07) is 5.50. The molecule has 2 aromatic heterocycles. The van der Waals surface area contributed by atoms with E-state index in [0.717, 1.165) is 38.2 Å². The Morgan fingerprint density at radius 3 is 2.71 bits per heavy atom. The van der Waals surface area contributed by atoms with Crippen molar-refractivity contribution >= 4 is 16.7 Å². The van der Waals surface area contributed by atoms with E-state index in [4.69, 9.17) is 0 Å². The Labute approximate surface area is 177 Å². The smallest absolute Gasteiger partial charge is 0.266 e. The predicted molar refractivity (Wildman–Crippen MR) is 112 cm³/mol. The van der Waals surface area contributed by atoms with Crippen LogP contribution in [-0.4, -0.2) is 14.5 Å². The van der Waals surface area contributed by atoms with Gasteiger partial charge in [0.1, 0.15) is 17.5 Å². The number of rotatable bonds is 5. The number of fused-ring (bicyclic) bond motifs is 3. The van der Waals surface area contributed by atoms with Crippen molar-refractivity contribution in [3.05, 3.63) is 63.6 Å². The number of hydrogen-bond acceptors (Lipinski definition) is 4. The second-order valence-corrected chi connectivity index (χ2v) is 8.75. The van der Waals surface area contributed by atoms with Crippen LogP contribution in [0.15, 0.2) is 35.3 Å². The molecular weight excluding hydrogens is 405 g/mol. The zero-order chi connectivity index (χ0) is 21.8. The summed E-state index contributed by atoms with van der Waals surface area (Å²) in [6.45, 7) is 1.70. The number of anilines is 1. The molecule has 3 aromatic rings. The van der Waals surface area contributed by atoms with E-state index in [2.05, 4.69) is 15.3 Å². The minimum absolute atomic E-state index is 0.00963. The lowest BCUT2D eigenvalue weighted by atomic mass is 9.93. The molecule has 0 aliphatic heterocycles. The number of halogens is 3. The molecule has 31 heavy (non-hydrogen) atoms. The highest BCUT2D eigenvalue weighted by atomic mass is 19.3. The minimum atomic E-state index is -2.88. The molecule has 162 valence electrons. The van der Waals surface area contributed by atoms with Gasteiger partial charge in [-0.25, -0.2) is 23.1 Å². The Hall–Kier alpha value is -2.90. The van der Waals surface area contributed by atoms with Gasteiger partial charge in [-0.2, -0.15) is 0 Å². The molecule has 0 spiro atoms. The second kappa shape index (κ2) is 7.35. The second-order valence-electron chi connectivity index (χ2n) is 8.75. The maximum absolute atomic E-state index is 14.4. The van der Waals surface area contributed by atoms with Crippen LogP contribution >= 0.6 is 0 Å². The van der Waals surface area contributed by atoms with E-state index in [0.29, 0.717) is 28.5 Å². The van der Waals surface area contributed by atoms with Crippen LogP contribution in [0, 0.1) is 18.7 Å². The van der Waals surface area contributed by atoms with Crippen LogP contribution < -0.4 is 10.9 Å². The summed E-state index contributed by atoms with van der Waals surface area (Å²) in [7, 11) is 0. The standard InChI is InChI=1S/C23H23F3N4O/c1-13-28-18-9-19(31)30(23-7-5-14(10-23)6-8-23)12-17(18)22(29-13)27-11-15-3-2-4-16(20(15)24)21(25)26/h2-4,9,12,14,21H,5-8,10-11H2,1H3,(H,27,28,29). The fourth-order valence-electron chi connectivity index (χ4n) is 5.31. The number of aromatic nitrogens is 3. The van der Waals surface area contributed by atoms with Gasteiger partial charge in [-0.3, -0.25) is 4.79 Å². The molecule has 0 amide bonds. The lowest BCUT2D eigenvalue weighted by Crippen LogP contribution is -2.37. The van der Waals surface area contributed by atoms with Gasteiger partial charge in [-0.1, -0.05) is 18.2 Å². The van der Waals surface area contributed by atoms with Crippen LogP contribution in [0.1, 0.15) is 55.5 Å². The van der Waals surface area contributed by atoms with Crippen molar-refractivity contribution in [3.8, 4) is 0 Å². The third kappa shape index (κ3) is 3.38. The Bertz CT molecular complexity index is 1220. The Balaban J connectivity index is 1.54. The third-order valence-corrected chi connectivity index (χ3v) is 6.85. The van der Waals surface area contributed by atoms with Gasteiger partial charge in [0.15, 0.2) is 0 Å². The van der Waals surface area contributed by atoms with E-state index >= 15 is 0 Å². The third-order valence-electron chi connectivity index (χ3n) is 6.85. The van der Waals surface area contributed by atoms with Crippen molar-refractivity contribution in [1.29, 1.82) is 0 Å². The molecule has 2 heterocycles. The summed E-state index contributed by atoms with van der Waals surface area (Å²) in [5.74, 6) is 0.689. The van der Waals surface area contributed by atoms with Crippen LogP contribution in [-0.2, 0) is 12.1 Å². The molecule has 2 aliphatic carbocycles. The van der Waals surface area contributed by atoms with Crippen molar-refractivity contribution in [3.63, 3.8) is 0 Å². The highest BCUT2D eigenvalue weighted by Gasteiger charge is 2.46. The molecule has 1 N–H and O–H groups in total. The molecule has 0 atom stereocenters. The van der Waals surface area contributed by atoms with Crippen LogP contribution in [0.25, 0.3) is 10.9 Å². The predicted octanol–water partition coefficient (Wildman–Crippen LogP) is 5.08. The highest BCUT2D eigenvalue weighted by molar-refractivity contribution is 5.88. The number of nitrogens with one attached hydrogen (secondary N) is 1. The van der Waals surface area contributed by atoms with Gasteiger partial charge in [0.2, 0.25) is 0 Å². The summed E-state index contributed by atoms with van der Waals surface area (Å²) in [6.07, 6.45) is 4.21. The van der Waals surface area contributed by atoms with Crippen molar-refractivity contribution < 1.29 is 13.2 Å². The zero-order valence-corrected chi connectivity index (χ0v) is 17.2. The first-order chi connectivity index (χ1) is 14.9. The monoisotopic (exact) mass is 428 g/mol. The molecule has 1 aromatic carbocycles. The fraction of sp³-hybridized carbons (Fsp3) is 0.435. The first kappa shape index (κ1) is 20.0. The van der Waals surface area contributed by atoms with Gasteiger partial charge in [0, 0.05) is 29.9 Å². The van der Waals surface area contributed by atoms with E-state index < -0.39 is 17.8 Å². The van der Waals surface area contributed by atoms with E-state index in [1.807, 2.05) is 10.8 Å². The first-order valence-electron chi connectivity index (χ1n) is 10.6. The van der Waals surface area contributed by atoms with Gasteiger partial charge in [-0.15, -0.1) is 0 Å². The van der Waals surface area contributed by atoms with Gasteiger partial charge in [0.05, 0.1) is 16.5 Å². The summed E-state index contributed by atoms with van der Waals surface area (Å²) in [5.41, 5.74) is -0.191. The topological polar surface area (TPSA) is 59.8 Å². The molecular formula is C23H23F3N4O.